The van der Waals surface area contributed by atoms with Crippen LogP contribution in [0.15, 0.2) is 160 Å². The lowest BCUT2D eigenvalue weighted by Crippen LogP contribution is -2.63. The van der Waals surface area contributed by atoms with Crippen molar-refractivity contribution in [3.8, 4) is 5.75 Å². The first kappa shape index (κ1) is 64.3. The molecule has 1 aliphatic carbocycles. The molecule has 7 aromatic rings. The predicted molar refractivity (Wildman–Crippen MR) is 312 cm³/mol. The molecule has 2 unspecified atom stereocenters. The third-order valence-electron chi connectivity index (χ3n) is 16.7. The van der Waals surface area contributed by atoms with Crippen molar-refractivity contribution >= 4 is 9.84 Å². The van der Waals surface area contributed by atoms with Gasteiger partial charge in [-0.2, -0.15) is 39.5 Å². The molecule has 0 bridgehead atoms. The molecule has 9 rings (SSSR count). The van der Waals surface area contributed by atoms with Gasteiger partial charge in [0.25, 0.3) is 0 Å². The van der Waals surface area contributed by atoms with Gasteiger partial charge in [-0.05, 0) is 247 Å². The quantitative estimate of drug-likeness (QED) is 0.127. The highest BCUT2D eigenvalue weighted by molar-refractivity contribution is 7.91. The number of rotatable bonds is 5. The Morgan fingerprint density at radius 1 is 0.378 bits per heavy atom. The Bertz CT molecular complexity index is 3500. The fourth-order valence-corrected chi connectivity index (χ4v) is 11.9. The lowest BCUT2D eigenvalue weighted by molar-refractivity contribution is -0.323. The minimum Gasteiger partial charge on any atom is -0.485 e. The number of halogens is 9. The summed E-state index contributed by atoms with van der Waals surface area (Å²) in [5.41, 5.74) is 8.92. The van der Waals surface area contributed by atoms with Crippen LogP contribution >= 0.6 is 0 Å². The first-order valence-electron chi connectivity index (χ1n) is 26.9. The van der Waals surface area contributed by atoms with Crippen LogP contribution in [0.1, 0.15) is 114 Å². The molecule has 2 atom stereocenters. The number of fused-ring (bicyclic) bond motifs is 2. The van der Waals surface area contributed by atoms with Crippen LogP contribution in [0.5, 0.6) is 5.75 Å². The molecule has 0 spiro atoms. The van der Waals surface area contributed by atoms with Gasteiger partial charge in [-0.1, -0.05) is 109 Å². The molecule has 0 amide bonds. The minimum atomic E-state index is -5.54. The van der Waals surface area contributed by atoms with Gasteiger partial charge in [0.2, 0.25) is 9.84 Å². The van der Waals surface area contributed by atoms with E-state index in [2.05, 4.69) is 39.8 Å². The third-order valence-corrected chi connectivity index (χ3v) is 18.4. The summed E-state index contributed by atoms with van der Waals surface area (Å²) >= 11 is 0. The fourth-order valence-electron chi connectivity index (χ4n) is 10.5. The first-order valence-corrected chi connectivity index (χ1v) is 28.4. The second-order valence-electron chi connectivity index (χ2n) is 22.3. The Labute approximate surface area is 478 Å². The van der Waals surface area contributed by atoms with E-state index in [9.17, 15) is 47.9 Å². The smallest absolute Gasteiger partial charge is 0.408 e. The van der Waals surface area contributed by atoms with E-state index in [0.717, 1.165) is 56.6 Å². The first-order chi connectivity index (χ1) is 37.9. The number of sulfone groups is 1. The minimum absolute atomic E-state index is 0.226. The molecule has 0 saturated heterocycles. The summed E-state index contributed by atoms with van der Waals surface area (Å²) in [6, 6.07) is 35.5. The Morgan fingerprint density at radius 3 is 1.11 bits per heavy atom. The van der Waals surface area contributed by atoms with Gasteiger partial charge >= 0.3 is 18.5 Å². The molecule has 0 fully saturated rings. The number of alkyl halides is 9. The van der Waals surface area contributed by atoms with E-state index in [1.54, 1.807) is 105 Å². The average molecular weight is 1150 g/mol. The van der Waals surface area contributed by atoms with Gasteiger partial charge in [0.05, 0.1) is 9.79 Å². The monoisotopic (exact) mass is 1150 g/mol. The van der Waals surface area contributed by atoms with Crippen molar-refractivity contribution in [2.75, 3.05) is 0 Å². The molecule has 436 valence electrons. The lowest BCUT2D eigenvalue weighted by Gasteiger charge is -2.49. The predicted octanol–water partition coefficient (Wildman–Crippen LogP) is 19.4. The SMILES string of the molecule is CC1=CC2Oc3cc(C)c(C)cc3C(C(F)(F)F)(C(F)(F)F)C2C=C1C.Cc1cc(C)c(C)cc1C.Cc1ccc(C(c2ccccc2)(c2ccc(C)c(C)c2)C(F)(F)F)cc1C.Cc1ccc(S(=O)(=O)c2ccc(C)c(C)c2)cc1C. The normalized spacial score (nSPS) is 15.8. The molecule has 2 aliphatic rings. The number of allylic oxidation sites excluding steroid dienone is 2. The van der Waals surface area contributed by atoms with Crippen molar-refractivity contribution in [2.45, 2.75) is 156 Å². The van der Waals surface area contributed by atoms with E-state index in [1.807, 2.05) is 67.5 Å². The fraction of sp³-hybridized carbons (Fsp3) is 0.333. The number of hydrogen-bond donors (Lipinski definition) is 0. The molecule has 3 nitrogen and oxygen atoms in total. The van der Waals surface area contributed by atoms with E-state index in [0.29, 0.717) is 32.1 Å². The van der Waals surface area contributed by atoms with Crippen molar-refractivity contribution in [1.29, 1.82) is 0 Å². The van der Waals surface area contributed by atoms with Gasteiger partial charge in [-0.3, -0.25) is 0 Å². The molecule has 1 aliphatic heterocycles. The van der Waals surface area contributed by atoms with Gasteiger partial charge in [-0.25, -0.2) is 8.42 Å². The summed E-state index contributed by atoms with van der Waals surface area (Å²) in [6.45, 7) is 30.2. The molecule has 0 saturated carbocycles. The van der Waals surface area contributed by atoms with Gasteiger partial charge < -0.3 is 4.74 Å². The van der Waals surface area contributed by atoms with Gasteiger partial charge in [0, 0.05) is 11.5 Å². The molecule has 1 heterocycles. The highest BCUT2D eigenvalue weighted by atomic mass is 32.2. The van der Waals surface area contributed by atoms with Crippen LogP contribution in [-0.4, -0.2) is 33.1 Å². The van der Waals surface area contributed by atoms with Crippen LogP contribution in [0.25, 0.3) is 0 Å². The largest absolute Gasteiger partial charge is 0.485 e. The zero-order valence-electron chi connectivity index (χ0n) is 49.5. The molecule has 82 heavy (non-hydrogen) atoms. The summed E-state index contributed by atoms with van der Waals surface area (Å²) in [6.07, 6.45) is -14.5. The molecule has 7 aromatic carbocycles. The van der Waals surface area contributed by atoms with E-state index in [1.165, 1.54) is 48.2 Å². The Hall–Kier alpha value is -6.86. The molecule has 0 radical (unpaired) electrons. The number of hydrogen-bond acceptors (Lipinski definition) is 3. The second kappa shape index (κ2) is 24.2. The summed E-state index contributed by atoms with van der Waals surface area (Å²) in [7, 11) is -3.42. The highest BCUT2D eigenvalue weighted by Gasteiger charge is 2.78. The maximum Gasteiger partial charge on any atom is 0.408 e. The van der Waals surface area contributed by atoms with E-state index < -0.39 is 56.8 Å². The van der Waals surface area contributed by atoms with Crippen molar-refractivity contribution in [1.82, 2.24) is 0 Å². The highest BCUT2D eigenvalue weighted by Crippen LogP contribution is 2.63. The van der Waals surface area contributed by atoms with E-state index in [-0.39, 0.29) is 22.4 Å². The van der Waals surface area contributed by atoms with Crippen LogP contribution in [0.4, 0.5) is 39.5 Å². The van der Waals surface area contributed by atoms with Crippen molar-refractivity contribution in [2.24, 2.45) is 5.92 Å². The molecule has 13 heteroatoms. The van der Waals surface area contributed by atoms with Gasteiger partial charge in [-0.15, -0.1) is 0 Å². The zero-order chi connectivity index (χ0) is 61.4. The molecule has 0 aromatic heterocycles. The summed E-state index contributed by atoms with van der Waals surface area (Å²) in [5.74, 6) is -2.28. The maximum absolute atomic E-state index is 14.9. The Balaban J connectivity index is 0.000000184. The summed E-state index contributed by atoms with van der Waals surface area (Å²) < 4.78 is 160. The van der Waals surface area contributed by atoms with E-state index in [4.69, 9.17) is 4.74 Å². The lowest BCUT2D eigenvalue weighted by atomic mass is 9.62. The van der Waals surface area contributed by atoms with Crippen LogP contribution in [0, 0.1) is 103 Å². The van der Waals surface area contributed by atoms with Crippen LogP contribution in [0.3, 0.4) is 0 Å². The number of aryl methyl sites for hydroxylation is 14. The average Bonchev–Trinajstić information content (AvgIpc) is 1.27. The molecular weight excluding hydrogens is 1080 g/mol. The van der Waals surface area contributed by atoms with Crippen molar-refractivity contribution in [3.05, 3.63) is 251 Å². The van der Waals surface area contributed by atoms with E-state index >= 15 is 0 Å². The maximum atomic E-state index is 14.9. The van der Waals surface area contributed by atoms with Gasteiger partial charge in [0.1, 0.15) is 17.3 Å². The summed E-state index contributed by atoms with van der Waals surface area (Å²) in [5, 5.41) is 0. The number of ether oxygens (including phenoxy) is 1. The third kappa shape index (κ3) is 12.6. The zero-order valence-corrected chi connectivity index (χ0v) is 50.3. The Kier molecular flexibility index (Phi) is 18.9. The molecule has 0 N–H and O–H groups in total. The van der Waals surface area contributed by atoms with Crippen molar-refractivity contribution in [3.63, 3.8) is 0 Å². The number of benzene rings is 7. The van der Waals surface area contributed by atoms with Crippen molar-refractivity contribution < 1.29 is 52.7 Å². The van der Waals surface area contributed by atoms with Crippen LogP contribution < -0.4 is 4.74 Å². The van der Waals surface area contributed by atoms with Crippen LogP contribution in [0.2, 0.25) is 0 Å². The Morgan fingerprint density at radius 2 is 0.732 bits per heavy atom. The standard InChI is InChI=1S/C24H23F3.C19H18F6O.C16H18O2S.C10H14/c1-16-10-12-21(14-18(16)3)23(24(25,26)27,20-8-6-5-7-9-20)22-13-11-17(2)19(4)15-22;1-9-5-13-15(7-11(9)3)26-16-8-12(4)10(2)6-14(16)17(13,18(20,21)22)19(23,24)25;1-11-5-7-15(9-13(11)3)19(17,18)16-8-6-12(2)14(4)10-16;1-7-5-9(3)10(4)6-8(7)2/h5-15H,1-4H3;5-8,13,15H,1-4H3;5-10H,1-4H3;5-6H,1-4H3. The van der Waals surface area contributed by atoms with Gasteiger partial charge in [0.15, 0.2) is 5.41 Å². The molecular formula is C69H73F9O3S. The van der Waals surface area contributed by atoms with Crippen LogP contribution in [-0.2, 0) is 20.7 Å². The topological polar surface area (TPSA) is 43.4 Å². The summed E-state index contributed by atoms with van der Waals surface area (Å²) in [4.78, 5) is 0.720. The second-order valence-corrected chi connectivity index (χ2v) is 24.2.